The van der Waals surface area contributed by atoms with Crippen LogP contribution < -0.4 is 0 Å². The Bertz CT molecular complexity index is 2310. The van der Waals surface area contributed by atoms with Gasteiger partial charge >= 0.3 is 0 Å². The van der Waals surface area contributed by atoms with Crippen molar-refractivity contribution < 1.29 is 8.78 Å². The van der Waals surface area contributed by atoms with Gasteiger partial charge in [0.2, 0.25) is 0 Å². The van der Waals surface area contributed by atoms with Gasteiger partial charge in [0, 0.05) is 21.7 Å². The predicted octanol–water partition coefficient (Wildman–Crippen LogP) is 9.66. The summed E-state index contributed by atoms with van der Waals surface area (Å²) in [6, 6.07) is 28.5. The molecule has 5 aromatic carbocycles. The van der Waals surface area contributed by atoms with Crippen LogP contribution in [0.5, 0.6) is 0 Å². The predicted molar refractivity (Wildman–Crippen MR) is 162 cm³/mol. The van der Waals surface area contributed by atoms with Crippen LogP contribution in [0.2, 0.25) is 0 Å². The third kappa shape index (κ3) is 3.32. The van der Waals surface area contributed by atoms with E-state index in [2.05, 4.69) is 60.9 Å². The molecule has 0 aliphatic heterocycles. The summed E-state index contributed by atoms with van der Waals surface area (Å²) in [5.74, 6) is 0.0712. The number of hydrogen-bond donors (Lipinski definition) is 0. The molecule has 0 N–H and O–H groups in total. The number of fused-ring (bicyclic) bond motifs is 6. The van der Waals surface area contributed by atoms with Crippen LogP contribution in [-0.2, 0) is 0 Å². The smallest absolute Gasteiger partial charge is 0.147 e. The molecule has 0 saturated carbocycles. The number of rotatable bonds is 2. The molecular formula is C34H21F2N3S. The van der Waals surface area contributed by atoms with Crippen LogP contribution >= 0.6 is 11.3 Å². The van der Waals surface area contributed by atoms with Gasteiger partial charge in [-0.1, -0.05) is 42.5 Å². The molecule has 3 aromatic heterocycles. The van der Waals surface area contributed by atoms with E-state index in [4.69, 9.17) is 9.97 Å². The standard InChI is InChI=1S/C34H21F2N3S/c1-18-6-5-7-19(2)31(18)39-29-17-21-9-4-3-8-20(21)16-28(29)37-33(39)24-11-12-26(36)30-25-15-22-14-23(35)10-13-27(22)38-34(25)40-32(24)30/h3-17H,1-2H3. The van der Waals surface area contributed by atoms with Gasteiger partial charge in [0.15, 0.2) is 0 Å². The summed E-state index contributed by atoms with van der Waals surface area (Å²) in [6.07, 6.45) is 0. The fourth-order valence-electron chi connectivity index (χ4n) is 5.90. The van der Waals surface area contributed by atoms with Crippen molar-refractivity contribution >= 4 is 64.3 Å². The number of aromatic nitrogens is 3. The van der Waals surface area contributed by atoms with Crippen molar-refractivity contribution in [2.24, 2.45) is 0 Å². The normalized spacial score (nSPS) is 12.0. The molecule has 0 saturated heterocycles. The molecule has 3 nitrogen and oxygen atoms in total. The minimum atomic E-state index is -0.343. The van der Waals surface area contributed by atoms with E-state index in [0.717, 1.165) is 54.7 Å². The van der Waals surface area contributed by atoms with Crippen LogP contribution in [0.3, 0.4) is 0 Å². The number of benzene rings is 5. The summed E-state index contributed by atoms with van der Waals surface area (Å²) in [5.41, 5.74) is 6.68. The van der Waals surface area contributed by atoms with E-state index in [1.54, 1.807) is 6.07 Å². The van der Waals surface area contributed by atoms with Crippen molar-refractivity contribution in [1.29, 1.82) is 0 Å². The van der Waals surface area contributed by atoms with Gasteiger partial charge in [-0.05, 0) is 84.3 Å². The van der Waals surface area contributed by atoms with E-state index in [9.17, 15) is 4.39 Å². The van der Waals surface area contributed by atoms with Crippen LogP contribution in [0.15, 0.2) is 91.0 Å². The lowest BCUT2D eigenvalue weighted by Gasteiger charge is -2.16. The Hall–Kier alpha value is -4.68. The molecule has 0 unspecified atom stereocenters. The number of pyridine rings is 1. The number of thiophene rings is 1. The fourth-order valence-corrected chi connectivity index (χ4v) is 7.09. The molecule has 0 atom stereocenters. The Morgan fingerprint density at radius 2 is 1.48 bits per heavy atom. The minimum absolute atomic E-state index is 0.331. The van der Waals surface area contributed by atoms with Crippen molar-refractivity contribution in [3.8, 4) is 17.1 Å². The van der Waals surface area contributed by atoms with Gasteiger partial charge < -0.3 is 0 Å². The highest BCUT2D eigenvalue weighted by molar-refractivity contribution is 7.26. The first-order valence-electron chi connectivity index (χ1n) is 13.1. The van der Waals surface area contributed by atoms with E-state index < -0.39 is 0 Å². The first kappa shape index (κ1) is 23.2. The lowest BCUT2D eigenvalue weighted by atomic mass is 10.1. The molecule has 6 heteroatoms. The maximum Gasteiger partial charge on any atom is 0.147 e. The van der Waals surface area contributed by atoms with E-state index in [-0.39, 0.29) is 11.6 Å². The number of hydrogen-bond acceptors (Lipinski definition) is 3. The van der Waals surface area contributed by atoms with Gasteiger partial charge in [-0.3, -0.25) is 4.57 Å². The SMILES string of the molecule is Cc1cccc(C)c1-n1c(-c2ccc(F)c3c2sc2nc4ccc(F)cc4cc23)nc2cc3ccccc3cc21. The first-order chi connectivity index (χ1) is 19.5. The number of imidazole rings is 1. The molecule has 3 heterocycles. The lowest BCUT2D eigenvalue weighted by Crippen LogP contribution is -2.03. The van der Waals surface area contributed by atoms with Crippen molar-refractivity contribution in [2.75, 3.05) is 0 Å². The van der Waals surface area contributed by atoms with Crippen LogP contribution in [0.4, 0.5) is 8.78 Å². The molecule has 0 fully saturated rings. The van der Waals surface area contributed by atoms with Crippen molar-refractivity contribution in [3.05, 3.63) is 114 Å². The molecule has 8 aromatic rings. The second-order valence-corrected chi connectivity index (χ2v) is 11.3. The molecule has 0 bridgehead atoms. The Morgan fingerprint density at radius 1 is 0.700 bits per heavy atom. The zero-order valence-corrected chi connectivity index (χ0v) is 22.5. The van der Waals surface area contributed by atoms with Crippen LogP contribution in [0, 0.1) is 25.5 Å². The van der Waals surface area contributed by atoms with Crippen molar-refractivity contribution in [2.45, 2.75) is 13.8 Å². The zero-order valence-electron chi connectivity index (χ0n) is 21.7. The summed E-state index contributed by atoms with van der Waals surface area (Å²) in [5, 5.41) is 4.05. The minimum Gasteiger partial charge on any atom is -0.292 e. The summed E-state index contributed by atoms with van der Waals surface area (Å²) >= 11 is 1.44. The number of nitrogens with zero attached hydrogens (tertiary/aromatic N) is 3. The molecule has 0 amide bonds. The molecule has 8 rings (SSSR count). The average Bonchev–Trinajstić information content (AvgIpc) is 3.49. The van der Waals surface area contributed by atoms with Gasteiger partial charge in [-0.15, -0.1) is 11.3 Å². The number of halogens is 2. The second kappa shape index (κ2) is 8.41. The van der Waals surface area contributed by atoms with Crippen LogP contribution in [-0.4, -0.2) is 14.5 Å². The van der Waals surface area contributed by atoms with Crippen molar-refractivity contribution in [1.82, 2.24) is 14.5 Å². The largest absolute Gasteiger partial charge is 0.292 e. The molecule has 40 heavy (non-hydrogen) atoms. The van der Waals surface area contributed by atoms with E-state index >= 15 is 4.39 Å². The summed E-state index contributed by atoms with van der Waals surface area (Å²) in [7, 11) is 0. The Labute approximate surface area is 232 Å². The monoisotopic (exact) mass is 541 g/mol. The number of aryl methyl sites for hydroxylation is 2. The Morgan fingerprint density at radius 3 is 2.27 bits per heavy atom. The molecule has 0 aliphatic carbocycles. The highest BCUT2D eigenvalue weighted by Crippen LogP contribution is 2.43. The van der Waals surface area contributed by atoms with Gasteiger partial charge in [-0.2, -0.15) is 0 Å². The van der Waals surface area contributed by atoms with Gasteiger partial charge in [0.25, 0.3) is 0 Å². The highest BCUT2D eigenvalue weighted by atomic mass is 32.1. The van der Waals surface area contributed by atoms with Crippen molar-refractivity contribution in [3.63, 3.8) is 0 Å². The summed E-state index contributed by atoms with van der Waals surface area (Å²) in [6.45, 7) is 4.21. The lowest BCUT2D eigenvalue weighted by molar-refractivity contribution is 0.629. The van der Waals surface area contributed by atoms with E-state index in [0.29, 0.717) is 26.5 Å². The Kier molecular flexibility index (Phi) is 4.88. The topological polar surface area (TPSA) is 30.7 Å². The van der Waals surface area contributed by atoms with Gasteiger partial charge in [-0.25, -0.2) is 18.7 Å². The Balaban J connectivity index is 1.52. The summed E-state index contributed by atoms with van der Waals surface area (Å²) in [4.78, 5) is 10.7. The van der Waals surface area contributed by atoms with E-state index in [1.165, 1.54) is 29.5 Å². The quantitative estimate of drug-likeness (QED) is 0.218. The summed E-state index contributed by atoms with van der Waals surface area (Å²) < 4.78 is 32.5. The molecular weight excluding hydrogens is 520 g/mol. The van der Waals surface area contributed by atoms with Crippen LogP contribution in [0.25, 0.3) is 70.1 Å². The van der Waals surface area contributed by atoms with Gasteiger partial charge in [0.05, 0.1) is 26.9 Å². The maximum atomic E-state index is 15.5. The molecule has 192 valence electrons. The molecule has 0 aliphatic rings. The van der Waals surface area contributed by atoms with Crippen LogP contribution in [0.1, 0.15) is 11.1 Å². The zero-order chi connectivity index (χ0) is 27.1. The average molecular weight is 542 g/mol. The third-order valence-electron chi connectivity index (χ3n) is 7.74. The molecule has 0 radical (unpaired) electrons. The fraction of sp³-hybridized carbons (Fsp3) is 0.0588. The molecule has 0 spiro atoms. The van der Waals surface area contributed by atoms with E-state index in [1.807, 2.05) is 24.3 Å². The third-order valence-corrected chi connectivity index (χ3v) is 8.88. The number of para-hydroxylation sites is 1. The second-order valence-electron chi connectivity index (χ2n) is 10.3. The van der Waals surface area contributed by atoms with Gasteiger partial charge in [0.1, 0.15) is 22.3 Å². The maximum absolute atomic E-state index is 15.5. The first-order valence-corrected chi connectivity index (χ1v) is 13.9. The highest BCUT2D eigenvalue weighted by Gasteiger charge is 2.23.